The number of rotatable bonds is 2. The monoisotopic (exact) mass is 220 g/mol. The van der Waals surface area contributed by atoms with Gasteiger partial charge >= 0.3 is 17.1 Å². The highest BCUT2D eigenvalue weighted by Gasteiger charge is 2.37. The predicted octanol–water partition coefficient (Wildman–Crippen LogP) is 0.854. The van der Waals surface area contributed by atoms with Gasteiger partial charge in [-0.25, -0.2) is 0 Å². The highest BCUT2D eigenvalue weighted by atomic mass is 35.5. The van der Waals surface area contributed by atoms with Crippen LogP contribution in [0.3, 0.4) is 0 Å². The molecule has 1 atom stereocenters. The summed E-state index contributed by atoms with van der Waals surface area (Å²) in [7, 11) is 0. The van der Waals surface area contributed by atoms with Gasteiger partial charge in [-0.3, -0.25) is 10.1 Å². The molecule has 0 radical (unpaired) electrons. The fraction of sp³-hybridized carbons (Fsp3) is 0.500. The van der Waals surface area contributed by atoms with E-state index in [4.69, 9.17) is 16.3 Å². The zero-order valence-electron chi connectivity index (χ0n) is 7.21. The van der Waals surface area contributed by atoms with E-state index in [1.165, 1.54) is 0 Å². The SMILES string of the molecule is CCOC1=N[N+](=O)C(Cl)C=C1[N+](=O)[O-]. The first-order valence-corrected chi connectivity index (χ1v) is 4.18. The zero-order valence-corrected chi connectivity index (χ0v) is 7.97. The molecule has 1 rings (SSSR count). The van der Waals surface area contributed by atoms with Crippen molar-refractivity contribution in [3.05, 3.63) is 26.8 Å². The van der Waals surface area contributed by atoms with Crippen molar-refractivity contribution in [3.63, 3.8) is 0 Å². The molecule has 0 saturated carbocycles. The average molecular weight is 221 g/mol. The van der Waals surface area contributed by atoms with E-state index in [1.54, 1.807) is 6.92 Å². The van der Waals surface area contributed by atoms with E-state index in [-0.39, 0.29) is 23.1 Å². The molecule has 1 unspecified atom stereocenters. The van der Waals surface area contributed by atoms with E-state index >= 15 is 0 Å². The first-order chi connectivity index (χ1) is 6.56. The molecule has 0 spiro atoms. The molecule has 0 N–H and O–H groups in total. The molecule has 0 fully saturated rings. The van der Waals surface area contributed by atoms with E-state index in [1.807, 2.05) is 0 Å². The normalized spacial score (nSPS) is 21.3. The lowest BCUT2D eigenvalue weighted by Crippen LogP contribution is -2.26. The molecule has 0 bridgehead atoms. The maximum Gasteiger partial charge on any atom is 0.362 e. The van der Waals surface area contributed by atoms with Gasteiger partial charge < -0.3 is 4.74 Å². The van der Waals surface area contributed by atoms with Gasteiger partial charge in [-0.15, -0.1) is 0 Å². The quantitative estimate of drug-likeness (QED) is 0.227. The van der Waals surface area contributed by atoms with Crippen LogP contribution in [0.15, 0.2) is 16.9 Å². The summed E-state index contributed by atoms with van der Waals surface area (Å²) in [6, 6.07) is 0. The van der Waals surface area contributed by atoms with Crippen molar-refractivity contribution in [2.75, 3.05) is 6.61 Å². The third kappa shape index (κ3) is 2.05. The van der Waals surface area contributed by atoms with Gasteiger partial charge in [0.25, 0.3) is 0 Å². The van der Waals surface area contributed by atoms with E-state index in [0.29, 0.717) is 0 Å². The number of alkyl halides is 1. The van der Waals surface area contributed by atoms with Crippen molar-refractivity contribution in [1.29, 1.82) is 0 Å². The lowest BCUT2D eigenvalue weighted by molar-refractivity contribution is -0.566. The summed E-state index contributed by atoms with van der Waals surface area (Å²) in [5, 5.41) is 13.8. The highest BCUT2D eigenvalue weighted by Crippen LogP contribution is 2.14. The van der Waals surface area contributed by atoms with Crippen LogP contribution in [0.5, 0.6) is 0 Å². The van der Waals surface area contributed by atoms with Crippen LogP contribution in [0, 0.1) is 15.0 Å². The van der Waals surface area contributed by atoms with Crippen LogP contribution < -0.4 is 0 Å². The van der Waals surface area contributed by atoms with Gasteiger partial charge in [0, 0.05) is 0 Å². The van der Waals surface area contributed by atoms with Gasteiger partial charge in [0.05, 0.1) is 27.6 Å². The smallest absolute Gasteiger partial charge is 0.362 e. The summed E-state index contributed by atoms with van der Waals surface area (Å²) in [5.74, 6) is -0.315. The Morgan fingerprint density at radius 2 is 2.50 bits per heavy atom. The molecule has 0 amide bonds. The minimum atomic E-state index is -1.17. The molecular formula is C6H7ClN3O4+. The Balaban J connectivity index is 3.00. The van der Waals surface area contributed by atoms with Gasteiger partial charge in [0.1, 0.15) is 0 Å². The molecule has 76 valence electrons. The Labute approximate surface area is 83.7 Å². The third-order valence-electron chi connectivity index (χ3n) is 1.39. The predicted molar refractivity (Wildman–Crippen MR) is 47.4 cm³/mol. The second-order valence-electron chi connectivity index (χ2n) is 2.32. The Hall–Kier alpha value is -1.50. The van der Waals surface area contributed by atoms with Crippen LogP contribution in [0.4, 0.5) is 0 Å². The van der Waals surface area contributed by atoms with Crippen LogP contribution >= 0.6 is 11.6 Å². The van der Waals surface area contributed by atoms with Crippen LogP contribution in [0.1, 0.15) is 6.92 Å². The first-order valence-electron chi connectivity index (χ1n) is 3.74. The second kappa shape index (κ2) is 4.14. The van der Waals surface area contributed by atoms with Crippen molar-refractivity contribution >= 4 is 17.5 Å². The van der Waals surface area contributed by atoms with Crippen LogP contribution in [-0.4, -0.2) is 27.8 Å². The topological polar surface area (TPSA) is 84.8 Å². The Bertz CT molecular complexity index is 338. The molecule has 0 aliphatic carbocycles. The fourth-order valence-corrected chi connectivity index (χ4v) is 1.00. The summed E-state index contributed by atoms with van der Waals surface area (Å²) < 4.78 is 4.82. The molecule has 1 aliphatic heterocycles. The first kappa shape index (κ1) is 10.6. The average Bonchev–Trinajstić information content (AvgIpc) is 2.11. The molecular weight excluding hydrogens is 214 g/mol. The van der Waals surface area contributed by atoms with Crippen molar-refractivity contribution in [2.45, 2.75) is 12.4 Å². The van der Waals surface area contributed by atoms with Gasteiger partial charge in [0.15, 0.2) is 4.87 Å². The lowest BCUT2D eigenvalue weighted by Gasteiger charge is -2.04. The highest BCUT2D eigenvalue weighted by molar-refractivity contribution is 6.21. The van der Waals surface area contributed by atoms with Gasteiger partial charge in [-0.2, -0.15) is 0 Å². The van der Waals surface area contributed by atoms with Crippen LogP contribution in [-0.2, 0) is 4.74 Å². The minimum Gasteiger partial charge on any atom is -0.469 e. The van der Waals surface area contributed by atoms with E-state index in [2.05, 4.69) is 5.10 Å². The summed E-state index contributed by atoms with van der Waals surface area (Å²) in [6.07, 6.45) is 0.979. The number of nitroso groups, excluding NO2 is 1. The van der Waals surface area contributed by atoms with Gasteiger partial charge in [-0.1, -0.05) is 0 Å². The Kier molecular flexibility index (Phi) is 3.13. The molecule has 7 nitrogen and oxygen atoms in total. The molecule has 0 aromatic carbocycles. The van der Waals surface area contributed by atoms with Crippen molar-refractivity contribution in [3.8, 4) is 0 Å². The summed E-state index contributed by atoms with van der Waals surface area (Å²) in [5.41, 5.74) is -1.56. The van der Waals surface area contributed by atoms with E-state index in [9.17, 15) is 15.0 Å². The molecule has 1 heterocycles. The zero-order chi connectivity index (χ0) is 10.7. The number of hydrogen-bond acceptors (Lipinski definition) is 4. The second-order valence-corrected chi connectivity index (χ2v) is 2.77. The third-order valence-corrected chi connectivity index (χ3v) is 1.69. The molecule has 1 aliphatic rings. The maximum atomic E-state index is 10.9. The van der Waals surface area contributed by atoms with Crippen LogP contribution in [0.25, 0.3) is 0 Å². The Morgan fingerprint density at radius 1 is 1.86 bits per heavy atom. The summed E-state index contributed by atoms with van der Waals surface area (Å²) >= 11 is 5.44. The maximum absolute atomic E-state index is 10.9. The number of nitro groups is 1. The van der Waals surface area contributed by atoms with E-state index < -0.39 is 10.4 Å². The largest absolute Gasteiger partial charge is 0.469 e. The van der Waals surface area contributed by atoms with E-state index in [0.717, 1.165) is 6.08 Å². The molecule has 14 heavy (non-hydrogen) atoms. The minimum absolute atomic E-state index is 0.138. The number of nitrogens with zero attached hydrogens (tertiary/aromatic N) is 3. The summed E-state index contributed by atoms with van der Waals surface area (Å²) in [4.78, 5) is 20.8. The fourth-order valence-electron chi connectivity index (χ4n) is 0.840. The molecule has 0 aromatic rings. The van der Waals surface area contributed by atoms with Crippen molar-refractivity contribution in [2.24, 2.45) is 5.10 Å². The molecule has 0 aromatic heterocycles. The van der Waals surface area contributed by atoms with Gasteiger partial charge in [0.2, 0.25) is 0 Å². The number of ether oxygens (including phenoxy) is 1. The van der Waals surface area contributed by atoms with Gasteiger partial charge in [-0.05, 0) is 18.5 Å². The van der Waals surface area contributed by atoms with Crippen LogP contribution in [0.2, 0.25) is 0 Å². The number of hydrogen-bond donors (Lipinski definition) is 0. The van der Waals surface area contributed by atoms with Crippen molar-refractivity contribution in [1.82, 2.24) is 0 Å². The summed E-state index contributed by atoms with van der Waals surface area (Å²) in [6.45, 7) is 1.81. The lowest BCUT2D eigenvalue weighted by atomic mass is 10.3. The molecule has 0 saturated heterocycles. The van der Waals surface area contributed by atoms with Crippen molar-refractivity contribution < 1.29 is 14.5 Å². The number of hydrazone groups is 1. The standard InChI is InChI=1S/C6H7ClN3O4/c1-2-14-6-4(10(12)13)3-5(7)9(11)8-6/h3,5H,2H2,1H3/q+1. The molecule has 8 heteroatoms. The Morgan fingerprint density at radius 3 is 3.00 bits per heavy atom. The number of halogens is 1.